The number of fused-ring (bicyclic) bond motifs is 8. The maximum Gasteiger partial charge on any atom is 0.248 e. The second-order valence-electron chi connectivity index (χ2n) is 28.0. The number of nitrogens with zero attached hydrogens (tertiary/aromatic N) is 2. The first-order valence-electron chi connectivity index (χ1n) is 34.9. The van der Waals surface area contributed by atoms with Gasteiger partial charge in [-0.3, -0.25) is 0 Å². The molecule has 0 atom stereocenters. The summed E-state index contributed by atoms with van der Waals surface area (Å²) in [6.07, 6.45) is 0. The topological polar surface area (TPSA) is 6.48 Å². The van der Waals surface area contributed by atoms with E-state index in [0.29, 0.717) is 0 Å². The molecule has 458 valence electrons. The summed E-state index contributed by atoms with van der Waals surface area (Å²) in [6, 6.07) is 121. The lowest BCUT2D eigenvalue weighted by Crippen LogP contribution is -2.60. The van der Waals surface area contributed by atoms with E-state index in [0.717, 1.165) is 11.4 Å². The molecule has 0 aromatic heterocycles. The monoisotopic (exact) mass is 1240 g/mol. The van der Waals surface area contributed by atoms with E-state index in [9.17, 15) is 0 Å². The van der Waals surface area contributed by atoms with Crippen LogP contribution < -0.4 is 42.6 Å². The number of benzene rings is 16. The molecule has 4 heteroatoms. The van der Waals surface area contributed by atoms with Crippen LogP contribution in [0, 0.1) is 0 Å². The standard InChI is InChI=1S/C94H66B2N2/c1-57(2)63-49-77-73-53-71(87-67(59-29-11-5-12-30-59)41-27-42-68(87)60-31-13-6-14-32-60)75-56-82-90-74(78-50-64(58(3)4)52-86-94(78)96(82)80-46-24-26-48-84(80)98(86)66-39-21-10-22-40-66)54-72(88-69(61-33-15-7-16-34-61)43-28-44-70(88)62-35-17-8-18-36-62)76-55-81(89(73)91(75)92(76)90)95-79-45-23-25-47-83(79)97(85(51-63)93(77)95)65-37-19-9-20-38-65/h5-58H,1-4H3. The zero-order chi connectivity index (χ0) is 65.0. The molecule has 16 aromatic carbocycles. The summed E-state index contributed by atoms with van der Waals surface area (Å²) in [5, 5.41) is 7.89. The molecule has 0 saturated heterocycles. The van der Waals surface area contributed by atoms with Crippen LogP contribution in [0.3, 0.4) is 0 Å². The second-order valence-corrected chi connectivity index (χ2v) is 28.0. The van der Waals surface area contributed by atoms with Gasteiger partial charge < -0.3 is 9.80 Å². The molecule has 0 spiro atoms. The zero-order valence-corrected chi connectivity index (χ0v) is 55.2. The molecule has 0 fully saturated rings. The minimum Gasteiger partial charge on any atom is -0.311 e. The fourth-order valence-electron chi connectivity index (χ4n) is 17.9. The first-order chi connectivity index (χ1) is 48.3. The van der Waals surface area contributed by atoms with Crippen LogP contribution in [0.25, 0.3) is 121 Å². The van der Waals surface area contributed by atoms with Crippen molar-refractivity contribution in [2.45, 2.75) is 39.5 Å². The maximum atomic E-state index is 2.73. The summed E-state index contributed by atoms with van der Waals surface area (Å²) in [5.41, 5.74) is 37.6. The SMILES string of the molecule is CC(C)c1cc2c3c(c1)N(c1ccccc1)c1ccccc1B3c1cc3c(-c4c(-c5ccccc5)cccc4-c4ccccc4)cc4c5c(cc6c(-c7c(-c8ccccc8)cccc7-c7ccccc7)cc-2c1c6c35)B1c2ccccc2N(c2ccccc2)c2cc(C(C)C)cc-4c21. The van der Waals surface area contributed by atoms with Gasteiger partial charge in [-0.2, -0.15) is 0 Å². The van der Waals surface area contributed by atoms with Crippen LogP contribution >= 0.6 is 0 Å². The van der Waals surface area contributed by atoms with Crippen molar-refractivity contribution in [1.29, 1.82) is 0 Å². The van der Waals surface area contributed by atoms with Crippen LogP contribution in [0.15, 0.2) is 315 Å². The normalized spacial score (nSPS) is 13.0. The number of anilines is 6. The lowest BCUT2D eigenvalue weighted by molar-refractivity contribution is 0.867. The van der Waals surface area contributed by atoms with Gasteiger partial charge in [0.2, 0.25) is 13.4 Å². The van der Waals surface area contributed by atoms with Crippen LogP contribution in [0.1, 0.15) is 50.7 Å². The summed E-state index contributed by atoms with van der Waals surface area (Å²) < 4.78 is 0. The van der Waals surface area contributed by atoms with E-state index in [-0.39, 0.29) is 25.3 Å². The van der Waals surface area contributed by atoms with Crippen LogP contribution in [0.2, 0.25) is 0 Å². The second kappa shape index (κ2) is 21.9. The fraction of sp³-hybridized carbons (Fsp3) is 0.0638. The van der Waals surface area contributed by atoms with E-state index in [1.165, 1.54) is 188 Å². The molecule has 0 amide bonds. The lowest BCUT2D eigenvalue weighted by atomic mass is 9.31. The highest BCUT2D eigenvalue weighted by atomic mass is 15.2. The molecule has 0 N–H and O–H groups in total. The third-order valence-electron chi connectivity index (χ3n) is 22.1. The molecular formula is C94H66B2N2. The van der Waals surface area contributed by atoms with E-state index in [1.54, 1.807) is 0 Å². The van der Waals surface area contributed by atoms with Gasteiger partial charge in [-0.05, 0) is 227 Å². The van der Waals surface area contributed by atoms with Gasteiger partial charge in [0, 0.05) is 34.1 Å². The Labute approximate surface area is 573 Å². The van der Waals surface area contributed by atoms with Crippen molar-refractivity contribution in [2.75, 3.05) is 9.80 Å². The Morgan fingerprint density at radius 2 is 0.551 bits per heavy atom. The average molecular weight is 1250 g/mol. The van der Waals surface area contributed by atoms with Gasteiger partial charge in [0.1, 0.15) is 0 Å². The van der Waals surface area contributed by atoms with Crippen molar-refractivity contribution >= 4 is 113 Å². The van der Waals surface area contributed by atoms with Crippen LogP contribution in [-0.2, 0) is 0 Å². The van der Waals surface area contributed by atoms with Gasteiger partial charge in [0.25, 0.3) is 0 Å². The highest BCUT2D eigenvalue weighted by Crippen LogP contribution is 2.56. The van der Waals surface area contributed by atoms with Crippen LogP contribution in [0.5, 0.6) is 0 Å². The van der Waals surface area contributed by atoms with Crippen molar-refractivity contribution in [2.24, 2.45) is 0 Å². The quantitative estimate of drug-likeness (QED) is 0.0995. The summed E-state index contributed by atoms with van der Waals surface area (Å²) in [4.78, 5) is 5.15. The van der Waals surface area contributed by atoms with Gasteiger partial charge in [0.15, 0.2) is 0 Å². The molecule has 0 saturated carbocycles. The Kier molecular flexibility index (Phi) is 12.7. The highest BCUT2D eigenvalue weighted by Gasteiger charge is 2.46. The van der Waals surface area contributed by atoms with Crippen molar-refractivity contribution in [3.8, 4) is 89.0 Å². The number of para-hydroxylation sites is 4. The molecule has 0 bridgehead atoms. The first-order valence-corrected chi connectivity index (χ1v) is 34.9. The molecule has 0 aliphatic carbocycles. The summed E-state index contributed by atoms with van der Waals surface area (Å²) in [7, 11) is 0. The molecule has 2 nitrogen and oxygen atoms in total. The summed E-state index contributed by atoms with van der Waals surface area (Å²) >= 11 is 0. The largest absolute Gasteiger partial charge is 0.311 e. The third-order valence-corrected chi connectivity index (χ3v) is 22.1. The smallest absolute Gasteiger partial charge is 0.248 e. The Morgan fingerprint density at radius 3 is 0.888 bits per heavy atom. The van der Waals surface area contributed by atoms with Gasteiger partial charge >= 0.3 is 0 Å². The van der Waals surface area contributed by atoms with Crippen LogP contribution in [-0.4, -0.2) is 13.4 Å². The third kappa shape index (κ3) is 8.25. The van der Waals surface area contributed by atoms with Crippen LogP contribution in [0.4, 0.5) is 34.1 Å². The Hall–Kier alpha value is -11.7. The number of hydrogen-bond acceptors (Lipinski definition) is 2. The van der Waals surface area contributed by atoms with Gasteiger partial charge in [0.05, 0.1) is 0 Å². The molecule has 4 heterocycles. The van der Waals surface area contributed by atoms with E-state index in [2.05, 4.69) is 353 Å². The molecule has 20 rings (SSSR count). The van der Waals surface area contributed by atoms with E-state index < -0.39 is 0 Å². The highest BCUT2D eigenvalue weighted by molar-refractivity contribution is 7.02. The van der Waals surface area contributed by atoms with E-state index in [4.69, 9.17) is 0 Å². The predicted molar refractivity (Wildman–Crippen MR) is 420 cm³/mol. The maximum absolute atomic E-state index is 2.73. The van der Waals surface area contributed by atoms with Crippen molar-refractivity contribution in [3.05, 3.63) is 327 Å². The molecule has 4 aliphatic rings. The molecule has 4 aliphatic heterocycles. The van der Waals surface area contributed by atoms with E-state index in [1.807, 2.05) is 0 Å². The minimum atomic E-state index is -0.109. The van der Waals surface area contributed by atoms with Gasteiger partial charge in [-0.15, -0.1) is 0 Å². The van der Waals surface area contributed by atoms with Gasteiger partial charge in [-0.1, -0.05) is 293 Å². The van der Waals surface area contributed by atoms with E-state index >= 15 is 0 Å². The average Bonchev–Trinajstić information content (AvgIpc) is 0.662. The summed E-state index contributed by atoms with van der Waals surface area (Å²) in [5.74, 6) is 0.500. The lowest BCUT2D eigenvalue weighted by Gasteiger charge is -2.43. The fourth-order valence-corrected chi connectivity index (χ4v) is 17.9. The Morgan fingerprint density at radius 1 is 0.235 bits per heavy atom. The molecule has 98 heavy (non-hydrogen) atoms. The summed E-state index contributed by atoms with van der Waals surface area (Å²) in [6.45, 7) is 9.28. The van der Waals surface area contributed by atoms with Crippen molar-refractivity contribution in [1.82, 2.24) is 0 Å². The number of hydrogen-bond donors (Lipinski definition) is 0. The number of rotatable bonds is 10. The van der Waals surface area contributed by atoms with Gasteiger partial charge in [-0.25, -0.2) is 0 Å². The predicted octanol–water partition coefficient (Wildman–Crippen LogP) is 21.4. The first kappa shape index (κ1) is 56.6. The molecule has 0 unspecified atom stereocenters. The molecular weight excluding hydrogens is 1180 g/mol. The molecule has 16 aromatic rings. The Bertz CT molecular complexity index is 5440. The zero-order valence-electron chi connectivity index (χ0n) is 55.2. The van der Waals surface area contributed by atoms with Crippen molar-refractivity contribution < 1.29 is 0 Å². The van der Waals surface area contributed by atoms with Crippen molar-refractivity contribution in [3.63, 3.8) is 0 Å². The molecule has 0 radical (unpaired) electrons. The minimum absolute atomic E-state index is 0.109. The Balaban J connectivity index is 1.06.